The average Bonchev–Trinajstić information content (AvgIpc) is 3.12. The van der Waals surface area contributed by atoms with Crippen LogP contribution >= 0.6 is 23.2 Å². The maximum atomic E-state index is 12.6. The number of amides is 1. The molecule has 0 atom stereocenters. The van der Waals surface area contributed by atoms with Gasteiger partial charge in [-0.15, -0.1) is 0 Å². The van der Waals surface area contributed by atoms with Gasteiger partial charge in [-0.2, -0.15) is 0 Å². The molecule has 0 radical (unpaired) electrons. The summed E-state index contributed by atoms with van der Waals surface area (Å²) >= 11 is 12.1. The van der Waals surface area contributed by atoms with Gasteiger partial charge in [0.15, 0.2) is 0 Å². The Morgan fingerprint density at radius 1 is 1.07 bits per heavy atom. The number of benzene rings is 3. The van der Waals surface area contributed by atoms with Crippen LogP contribution in [0.25, 0.3) is 22.4 Å². The van der Waals surface area contributed by atoms with Crippen molar-refractivity contribution in [3.05, 3.63) is 76.3 Å². The van der Waals surface area contributed by atoms with Crippen molar-refractivity contribution in [2.24, 2.45) is 0 Å². The quantitative estimate of drug-likeness (QED) is 0.445. The number of anilines is 1. The summed E-state index contributed by atoms with van der Waals surface area (Å²) in [7, 11) is 1.45. The molecule has 0 saturated carbocycles. The second-order valence-corrected chi connectivity index (χ2v) is 6.95. The summed E-state index contributed by atoms with van der Waals surface area (Å²) < 4.78 is 5.23. The van der Waals surface area contributed by atoms with E-state index in [1.807, 2.05) is 36.4 Å². The van der Waals surface area contributed by atoms with E-state index in [1.165, 1.54) is 19.2 Å². The molecule has 28 heavy (non-hydrogen) atoms. The van der Waals surface area contributed by atoms with Crippen LogP contribution in [0.3, 0.4) is 0 Å². The molecule has 7 heteroatoms. The van der Waals surface area contributed by atoms with Crippen LogP contribution in [0.5, 0.6) is 5.75 Å². The summed E-state index contributed by atoms with van der Waals surface area (Å²) in [5, 5.41) is 3.46. The standard InChI is InChI=1S/C21H15Cl2N3O2/c1-28-19-15(10-13(22)11-16(19)23)21(27)24-14-8-6-12(7-9-14)20-25-17-4-2-3-5-18(17)26-20/h2-11H,1H3,(H,24,27)(H,25,26). The van der Waals surface area contributed by atoms with Gasteiger partial charge in [-0.25, -0.2) is 4.98 Å². The third kappa shape index (κ3) is 3.54. The van der Waals surface area contributed by atoms with Crippen LogP contribution in [0.2, 0.25) is 10.0 Å². The Morgan fingerprint density at radius 3 is 2.54 bits per heavy atom. The predicted octanol–water partition coefficient (Wildman–Crippen LogP) is 5.80. The molecule has 1 heterocycles. The van der Waals surface area contributed by atoms with E-state index in [4.69, 9.17) is 27.9 Å². The molecule has 0 aliphatic carbocycles. The zero-order valence-corrected chi connectivity index (χ0v) is 16.3. The first-order valence-corrected chi connectivity index (χ1v) is 9.20. The number of imidazole rings is 1. The van der Waals surface area contributed by atoms with E-state index in [0.717, 1.165) is 22.4 Å². The minimum Gasteiger partial charge on any atom is -0.494 e. The summed E-state index contributed by atoms with van der Waals surface area (Å²) in [5.41, 5.74) is 3.68. The molecule has 1 amide bonds. The molecule has 0 spiro atoms. The Kier molecular flexibility index (Phi) is 4.94. The molecule has 1 aromatic heterocycles. The highest BCUT2D eigenvalue weighted by atomic mass is 35.5. The van der Waals surface area contributed by atoms with Gasteiger partial charge in [0.05, 0.1) is 28.7 Å². The Balaban J connectivity index is 1.57. The van der Waals surface area contributed by atoms with Crippen molar-refractivity contribution in [2.75, 3.05) is 12.4 Å². The summed E-state index contributed by atoms with van der Waals surface area (Å²) in [6.07, 6.45) is 0. The molecule has 0 aliphatic heterocycles. The second-order valence-electron chi connectivity index (χ2n) is 6.10. The van der Waals surface area contributed by atoms with Gasteiger partial charge in [-0.3, -0.25) is 4.79 Å². The number of carbonyl (C=O) groups excluding carboxylic acids is 1. The Bertz CT molecular complexity index is 1140. The highest BCUT2D eigenvalue weighted by Gasteiger charge is 2.17. The number of halogens is 2. The number of aromatic amines is 1. The lowest BCUT2D eigenvalue weighted by Gasteiger charge is -2.11. The SMILES string of the molecule is COc1c(Cl)cc(Cl)cc1C(=O)Nc1ccc(-c2nc3ccccc3[nH]2)cc1. The van der Waals surface area contributed by atoms with E-state index in [0.29, 0.717) is 10.7 Å². The topological polar surface area (TPSA) is 67.0 Å². The molecular formula is C21H15Cl2N3O2. The van der Waals surface area contributed by atoms with E-state index in [1.54, 1.807) is 12.1 Å². The van der Waals surface area contributed by atoms with Gasteiger partial charge < -0.3 is 15.0 Å². The number of rotatable bonds is 4. The molecule has 2 N–H and O–H groups in total. The number of hydrogen-bond donors (Lipinski definition) is 2. The van der Waals surface area contributed by atoms with Crippen LogP contribution in [0.4, 0.5) is 5.69 Å². The van der Waals surface area contributed by atoms with Crippen LogP contribution in [0.1, 0.15) is 10.4 Å². The van der Waals surface area contributed by atoms with Crippen LogP contribution in [0, 0.1) is 0 Å². The largest absolute Gasteiger partial charge is 0.494 e. The molecule has 0 aliphatic rings. The lowest BCUT2D eigenvalue weighted by molar-refractivity contribution is 0.102. The van der Waals surface area contributed by atoms with E-state index in [2.05, 4.69) is 15.3 Å². The number of nitrogens with one attached hydrogen (secondary N) is 2. The summed E-state index contributed by atoms with van der Waals surface area (Å²) in [6, 6.07) is 18.3. The van der Waals surface area contributed by atoms with Gasteiger partial charge in [0.2, 0.25) is 0 Å². The fraction of sp³-hybridized carbons (Fsp3) is 0.0476. The third-order valence-corrected chi connectivity index (χ3v) is 4.76. The van der Waals surface area contributed by atoms with Gasteiger partial charge in [0.25, 0.3) is 5.91 Å². The predicted molar refractivity (Wildman–Crippen MR) is 112 cm³/mol. The van der Waals surface area contributed by atoms with Crippen molar-refractivity contribution < 1.29 is 9.53 Å². The van der Waals surface area contributed by atoms with Crippen molar-refractivity contribution in [1.82, 2.24) is 9.97 Å². The Hall–Kier alpha value is -3.02. The number of fused-ring (bicyclic) bond motifs is 1. The zero-order chi connectivity index (χ0) is 19.7. The average molecular weight is 412 g/mol. The number of nitrogens with zero attached hydrogens (tertiary/aromatic N) is 1. The van der Waals surface area contributed by atoms with Crippen LogP contribution in [-0.2, 0) is 0 Å². The van der Waals surface area contributed by atoms with Gasteiger partial charge in [-0.05, 0) is 48.5 Å². The second kappa shape index (κ2) is 7.54. The lowest BCUT2D eigenvalue weighted by atomic mass is 10.1. The molecule has 0 fully saturated rings. The first-order valence-electron chi connectivity index (χ1n) is 8.45. The highest BCUT2D eigenvalue weighted by Crippen LogP contribution is 2.32. The van der Waals surface area contributed by atoms with E-state index in [9.17, 15) is 4.79 Å². The molecule has 5 nitrogen and oxygen atoms in total. The number of hydrogen-bond acceptors (Lipinski definition) is 3. The fourth-order valence-corrected chi connectivity index (χ4v) is 3.51. The zero-order valence-electron chi connectivity index (χ0n) is 14.8. The normalized spacial score (nSPS) is 10.8. The molecule has 140 valence electrons. The Morgan fingerprint density at radius 2 is 1.82 bits per heavy atom. The van der Waals surface area contributed by atoms with Crippen LogP contribution < -0.4 is 10.1 Å². The number of ether oxygens (including phenoxy) is 1. The van der Waals surface area contributed by atoms with Crippen molar-refractivity contribution in [3.8, 4) is 17.1 Å². The lowest BCUT2D eigenvalue weighted by Crippen LogP contribution is -2.13. The number of aromatic nitrogens is 2. The first kappa shape index (κ1) is 18.3. The number of H-pyrrole nitrogens is 1. The van der Waals surface area contributed by atoms with Crippen molar-refractivity contribution in [2.45, 2.75) is 0 Å². The Labute approximate surface area is 171 Å². The van der Waals surface area contributed by atoms with Crippen molar-refractivity contribution in [3.63, 3.8) is 0 Å². The molecule has 4 aromatic rings. The van der Waals surface area contributed by atoms with Gasteiger partial charge in [-0.1, -0.05) is 35.3 Å². The minimum absolute atomic E-state index is 0.265. The molecular weight excluding hydrogens is 397 g/mol. The van der Waals surface area contributed by atoms with Gasteiger partial charge in [0.1, 0.15) is 11.6 Å². The van der Waals surface area contributed by atoms with Crippen molar-refractivity contribution in [1.29, 1.82) is 0 Å². The van der Waals surface area contributed by atoms with Gasteiger partial charge in [0, 0.05) is 16.3 Å². The van der Waals surface area contributed by atoms with E-state index >= 15 is 0 Å². The summed E-state index contributed by atoms with van der Waals surface area (Å²) in [6.45, 7) is 0. The number of carbonyl (C=O) groups is 1. The summed E-state index contributed by atoms with van der Waals surface area (Å²) in [4.78, 5) is 20.5. The van der Waals surface area contributed by atoms with E-state index < -0.39 is 0 Å². The van der Waals surface area contributed by atoms with Gasteiger partial charge >= 0.3 is 0 Å². The first-order chi connectivity index (χ1) is 13.5. The van der Waals surface area contributed by atoms with Crippen molar-refractivity contribution >= 4 is 45.8 Å². The van der Waals surface area contributed by atoms with Crippen LogP contribution in [0.15, 0.2) is 60.7 Å². The highest BCUT2D eigenvalue weighted by molar-refractivity contribution is 6.36. The smallest absolute Gasteiger partial charge is 0.259 e. The van der Waals surface area contributed by atoms with Crippen LogP contribution in [-0.4, -0.2) is 23.0 Å². The molecule has 0 saturated heterocycles. The maximum absolute atomic E-state index is 12.6. The fourth-order valence-electron chi connectivity index (χ4n) is 2.94. The molecule has 0 unspecified atom stereocenters. The number of methoxy groups -OCH3 is 1. The third-order valence-electron chi connectivity index (χ3n) is 4.26. The molecule has 4 rings (SSSR count). The maximum Gasteiger partial charge on any atom is 0.259 e. The minimum atomic E-state index is -0.363. The van der Waals surface area contributed by atoms with E-state index in [-0.39, 0.29) is 22.2 Å². The monoisotopic (exact) mass is 411 g/mol. The molecule has 3 aromatic carbocycles. The summed E-state index contributed by atoms with van der Waals surface area (Å²) in [5.74, 6) is 0.683. The molecule has 0 bridgehead atoms. The number of para-hydroxylation sites is 2.